The summed E-state index contributed by atoms with van der Waals surface area (Å²) in [6.07, 6.45) is 3.64. The number of Topliss-reactive ketones (excluding diaryl/α,β-unsaturated/α-hetero) is 1. The smallest absolute Gasteiger partial charge is 0.135 e. The predicted octanol–water partition coefficient (Wildman–Crippen LogP) is 2.17. The molecule has 70 valence electrons. The summed E-state index contributed by atoms with van der Waals surface area (Å²) in [5, 5.41) is 0. The van der Waals surface area contributed by atoms with E-state index in [2.05, 4.69) is 13.8 Å². The van der Waals surface area contributed by atoms with Crippen molar-refractivity contribution in [3.8, 4) is 0 Å². The quantitative estimate of drug-likeness (QED) is 0.649. The van der Waals surface area contributed by atoms with Gasteiger partial charge in [0.05, 0.1) is 6.10 Å². The van der Waals surface area contributed by atoms with Gasteiger partial charge in [0, 0.05) is 19.4 Å². The van der Waals surface area contributed by atoms with Crippen LogP contribution in [-0.4, -0.2) is 18.5 Å². The Bertz CT molecular complexity index is 154. The molecular weight excluding hydrogens is 152 g/mol. The summed E-state index contributed by atoms with van der Waals surface area (Å²) >= 11 is 0. The molecule has 0 amide bonds. The Labute approximate surface area is 74.3 Å². The normalized spacial score (nSPS) is 30.7. The second-order valence-corrected chi connectivity index (χ2v) is 3.67. The van der Waals surface area contributed by atoms with Gasteiger partial charge in [-0.1, -0.05) is 13.8 Å². The fraction of sp³-hybridized carbons (Fsp3) is 0.900. The number of hydrogen-bond donors (Lipinski definition) is 0. The Hall–Kier alpha value is -0.370. The zero-order chi connectivity index (χ0) is 8.97. The molecule has 12 heavy (non-hydrogen) atoms. The largest absolute Gasteiger partial charge is 0.377 e. The van der Waals surface area contributed by atoms with Gasteiger partial charge in [-0.05, 0) is 18.8 Å². The summed E-state index contributed by atoms with van der Waals surface area (Å²) in [5.41, 5.74) is 0. The summed E-state index contributed by atoms with van der Waals surface area (Å²) in [5.74, 6) is 0.934. The fourth-order valence-corrected chi connectivity index (χ4v) is 1.59. The minimum atomic E-state index is 0.200. The molecule has 0 aliphatic heterocycles. The molecule has 1 fully saturated rings. The second kappa shape index (κ2) is 4.61. The number of ether oxygens (including phenoxy) is 1. The second-order valence-electron chi connectivity index (χ2n) is 3.67. The molecule has 2 atom stereocenters. The molecule has 1 rings (SSSR count). The summed E-state index contributed by atoms with van der Waals surface area (Å²) < 4.78 is 5.59. The summed E-state index contributed by atoms with van der Waals surface area (Å²) in [4.78, 5) is 11.1. The first-order chi connectivity index (χ1) is 5.74. The monoisotopic (exact) mass is 170 g/mol. The van der Waals surface area contributed by atoms with Crippen LogP contribution in [0.3, 0.4) is 0 Å². The first kappa shape index (κ1) is 9.72. The highest BCUT2D eigenvalue weighted by Gasteiger charge is 2.26. The Morgan fingerprint density at radius 2 is 2.33 bits per heavy atom. The minimum absolute atomic E-state index is 0.200. The van der Waals surface area contributed by atoms with E-state index < -0.39 is 0 Å². The van der Waals surface area contributed by atoms with Gasteiger partial charge in [0.25, 0.3) is 0 Å². The van der Waals surface area contributed by atoms with Crippen molar-refractivity contribution in [2.45, 2.75) is 45.6 Å². The topological polar surface area (TPSA) is 26.3 Å². The van der Waals surface area contributed by atoms with Crippen LogP contribution in [0.5, 0.6) is 0 Å². The molecule has 0 aromatic carbocycles. The standard InChI is InChI=1S/C10H18O2/c1-3-6-12-10-7-9(11)5-4-8(10)2/h8,10H,3-7H2,1-2H3. The lowest BCUT2D eigenvalue weighted by Crippen LogP contribution is -2.30. The molecule has 2 unspecified atom stereocenters. The van der Waals surface area contributed by atoms with Crippen LogP contribution >= 0.6 is 0 Å². The van der Waals surface area contributed by atoms with Gasteiger partial charge >= 0.3 is 0 Å². The SMILES string of the molecule is CCCOC1CC(=O)CCC1C. The van der Waals surface area contributed by atoms with Crippen LogP contribution in [-0.2, 0) is 9.53 Å². The number of carbonyl (C=O) groups excluding carboxylic acids is 1. The lowest BCUT2D eigenvalue weighted by molar-refractivity contribution is -0.126. The van der Waals surface area contributed by atoms with E-state index in [9.17, 15) is 4.79 Å². The molecule has 0 aromatic rings. The Morgan fingerprint density at radius 3 is 3.00 bits per heavy atom. The highest BCUT2D eigenvalue weighted by Crippen LogP contribution is 2.24. The van der Waals surface area contributed by atoms with Gasteiger partial charge < -0.3 is 4.74 Å². The van der Waals surface area contributed by atoms with E-state index >= 15 is 0 Å². The molecule has 0 bridgehead atoms. The average molecular weight is 170 g/mol. The summed E-state index contributed by atoms with van der Waals surface area (Å²) in [6, 6.07) is 0. The van der Waals surface area contributed by atoms with E-state index in [1.165, 1.54) is 0 Å². The van der Waals surface area contributed by atoms with Crippen LogP contribution in [0, 0.1) is 5.92 Å². The predicted molar refractivity (Wildman–Crippen MR) is 48.1 cm³/mol. The van der Waals surface area contributed by atoms with Gasteiger partial charge in [0.2, 0.25) is 0 Å². The summed E-state index contributed by atoms with van der Waals surface area (Å²) in [6.45, 7) is 5.06. The first-order valence-corrected chi connectivity index (χ1v) is 4.87. The zero-order valence-electron chi connectivity index (χ0n) is 8.01. The van der Waals surface area contributed by atoms with E-state index in [1.54, 1.807) is 0 Å². The number of ketones is 1. The molecule has 0 radical (unpaired) electrons. The third-order valence-corrected chi connectivity index (χ3v) is 2.48. The van der Waals surface area contributed by atoms with E-state index in [0.29, 0.717) is 18.1 Å². The molecule has 0 spiro atoms. The minimum Gasteiger partial charge on any atom is -0.377 e. The molecule has 2 heteroatoms. The average Bonchev–Trinajstić information content (AvgIpc) is 2.07. The maximum absolute atomic E-state index is 11.1. The van der Waals surface area contributed by atoms with E-state index in [0.717, 1.165) is 25.9 Å². The Balaban J connectivity index is 2.33. The van der Waals surface area contributed by atoms with Crippen molar-refractivity contribution < 1.29 is 9.53 Å². The van der Waals surface area contributed by atoms with E-state index in [4.69, 9.17) is 4.74 Å². The molecule has 1 aliphatic rings. The third-order valence-electron chi connectivity index (χ3n) is 2.48. The van der Waals surface area contributed by atoms with Crippen molar-refractivity contribution in [1.29, 1.82) is 0 Å². The molecular formula is C10H18O2. The molecule has 0 aromatic heterocycles. The maximum Gasteiger partial charge on any atom is 0.135 e. The lowest BCUT2D eigenvalue weighted by Gasteiger charge is -2.27. The fourth-order valence-electron chi connectivity index (χ4n) is 1.59. The van der Waals surface area contributed by atoms with Gasteiger partial charge in [-0.25, -0.2) is 0 Å². The number of hydrogen-bond acceptors (Lipinski definition) is 2. The maximum atomic E-state index is 11.1. The lowest BCUT2D eigenvalue weighted by atomic mass is 9.87. The van der Waals surface area contributed by atoms with Gasteiger partial charge in [0.1, 0.15) is 5.78 Å². The van der Waals surface area contributed by atoms with Gasteiger partial charge in [-0.3, -0.25) is 4.79 Å². The molecule has 0 saturated heterocycles. The Kier molecular flexibility index (Phi) is 3.73. The van der Waals surface area contributed by atoms with Gasteiger partial charge in [-0.2, -0.15) is 0 Å². The van der Waals surface area contributed by atoms with E-state index in [1.807, 2.05) is 0 Å². The highest BCUT2D eigenvalue weighted by atomic mass is 16.5. The van der Waals surface area contributed by atoms with Crippen LogP contribution in [0.1, 0.15) is 39.5 Å². The number of carbonyl (C=O) groups is 1. The molecule has 1 saturated carbocycles. The van der Waals surface area contributed by atoms with E-state index in [-0.39, 0.29) is 6.10 Å². The van der Waals surface area contributed by atoms with Crippen molar-refractivity contribution >= 4 is 5.78 Å². The zero-order valence-corrected chi connectivity index (χ0v) is 8.01. The van der Waals surface area contributed by atoms with Crippen LogP contribution < -0.4 is 0 Å². The molecule has 1 aliphatic carbocycles. The van der Waals surface area contributed by atoms with Crippen LogP contribution in [0.15, 0.2) is 0 Å². The van der Waals surface area contributed by atoms with Crippen LogP contribution in [0.2, 0.25) is 0 Å². The van der Waals surface area contributed by atoms with Crippen molar-refractivity contribution in [3.63, 3.8) is 0 Å². The van der Waals surface area contributed by atoms with Crippen LogP contribution in [0.4, 0.5) is 0 Å². The highest BCUT2D eigenvalue weighted by molar-refractivity contribution is 5.79. The van der Waals surface area contributed by atoms with Gasteiger partial charge in [0.15, 0.2) is 0 Å². The molecule has 0 heterocycles. The first-order valence-electron chi connectivity index (χ1n) is 4.87. The van der Waals surface area contributed by atoms with Crippen LogP contribution in [0.25, 0.3) is 0 Å². The van der Waals surface area contributed by atoms with Crippen molar-refractivity contribution in [2.24, 2.45) is 5.92 Å². The molecule has 2 nitrogen and oxygen atoms in total. The molecule has 0 N–H and O–H groups in total. The van der Waals surface area contributed by atoms with Crippen molar-refractivity contribution in [2.75, 3.05) is 6.61 Å². The van der Waals surface area contributed by atoms with Gasteiger partial charge in [-0.15, -0.1) is 0 Å². The summed E-state index contributed by atoms with van der Waals surface area (Å²) in [7, 11) is 0. The number of rotatable bonds is 3. The van der Waals surface area contributed by atoms with Crippen molar-refractivity contribution in [3.05, 3.63) is 0 Å². The Morgan fingerprint density at radius 1 is 1.58 bits per heavy atom. The van der Waals surface area contributed by atoms with Crippen molar-refractivity contribution in [1.82, 2.24) is 0 Å². The third kappa shape index (κ3) is 2.59.